The molecule has 2 aromatic carbocycles. The Kier molecular flexibility index (Phi) is 5.94. The van der Waals surface area contributed by atoms with Crippen molar-refractivity contribution in [1.82, 2.24) is 10.6 Å². The van der Waals surface area contributed by atoms with Crippen molar-refractivity contribution < 1.29 is 18.7 Å². The number of rotatable bonds is 5. The lowest BCUT2D eigenvalue weighted by Crippen LogP contribution is -2.41. The summed E-state index contributed by atoms with van der Waals surface area (Å²) in [5, 5.41) is 4.71. The van der Waals surface area contributed by atoms with Crippen molar-refractivity contribution in [3.05, 3.63) is 64.9 Å². The van der Waals surface area contributed by atoms with E-state index in [1.54, 1.807) is 0 Å². The summed E-state index contributed by atoms with van der Waals surface area (Å²) in [4.78, 5) is 23.2. The molecular formula is C16H14ClFN2O3. The Morgan fingerprint density at radius 1 is 1.13 bits per heavy atom. The molecule has 0 bridgehead atoms. The third kappa shape index (κ3) is 5.60. The first-order valence-corrected chi connectivity index (χ1v) is 7.12. The first kappa shape index (κ1) is 16.8. The third-order valence-electron chi connectivity index (χ3n) is 2.80. The number of hydrogen-bond donors (Lipinski definition) is 2. The fourth-order valence-electron chi connectivity index (χ4n) is 1.72. The number of carbonyl (C=O) groups is 2. The molecule has 0 saturated heterocycles. The standard InChI is InChI=1S/C16H14ClFN2O3/c17-13-8-12(18)6-7-14(13)23-10-15(21)20-16(22)19-9-11-4-2-1-3-5-11/h1-8H,9-10H2,(H2,19,20,21,22). The zero-order chi connectivity index (χ0) is 16.7. The van der Waals surface area contributed by atoms with E-state index in [0.717, 1.165) is 17.7 Å². The van der Waals surface area contributed by atoms with Crippen LogP contribution in [0.5, 0.6) is 5.75 Å². The van der Waals surface area contributed by atoms with Gasteiger partial charge in [-0.1, -0.05) is 41.9 Å². The number of amides is 3. The van der Waals surface area contributed by atoms with Crippen molar-refractivity contribution in [2.75, 3.05) is 6.61 Å². The third-order valence-corrected chi connectivity index (χ3v) is 3.10. The van der Waals surface area contributed by atoms with Gasteiger partial charge in [0.05, 0.1) is 5.02 Å². The number of nitrogens with one attached hydrogen (secondary N) is 2. The van der Waals surface area contributed by atoms with Crippen LogP contribution in [0.2, 0.25) is 5.02 Å². The molecule has 0 aromatic heterocycles. The second-order valence-electron chi connectivity index (χ2n) is 4.58. The number of halogens is 2. The number of benzene rings is 2. The van der Waals surface area contributed by atoms with Gasteiger partial charge < -0.3 is 10.1 Å². The zero-order valence-corrected chi connectivity index (χ0v) is 12.8. The van der Waals surface area contributed by atoms with Gasteiger partial charge in [0, 0.05) is 6.54 Å². The van der Waals surface area contributed by atoms with E-state index in [1.807, 2.05) is 30.3 Å². The molecule has 0 aliphatic rings. The Morgan fingerprint density at radius 3 is 2.57 bits per heavy atom. The van der Waals surface area contributed by atoms with Crippen molar-refractivity contribution in [2.24, 2.45) is 0 Å². The minimum Gasteiger partial charge on any atom is -0.482 e. The van der Waals surface area contributed by atoms with E-state index in [0.29, 0.717) is 6.54 Å². The van der Waals surface area contributed by atoms with E-state index < -0.39 is 24.4 Å². The summed E-state index contributed by atoms with van der Waals surface area (Å²) in [6.45, 7) is -0.116. The van der Waals surface area contributed by atoms with Gasteiger partial charge in [0.2, 0.25) is 0 Å². The van der Waals surface area contributed by atoms with Crippen LogP contribution >= 0.6 is 11.6 Å². The number of urea groups is 1. The van der Waals surface area contributed by atoms with Crippen molar-refractivity contribution in [3.63, 3.8) is 0 Å². The van der Waals surface area contributed by atoms with Gasteiger partial charge >= 0.3 is 6.03 Å². The molecule has 0 spiro atoms. The van der Waals surface area contributed by atoms with Crippen LogP contribution in [0.1, 0.15) is 5.56 Å². The number of ether oxygens (including phenoxy) is 1. The quantitative estimate of drug-likeness (QED) is 0.882. The Balaban J connectivity index is 1.74. The second-order valence-corrected chi connectivity index (χ2v) is 4.99. The SMILES string of the molecule is O=C(COc1ccc(F)cc1Cl)NC(=O)NCc1ccccc1. The first-order chi connectivity index (χ1) is 11.0. The van der Waals surface area contributed by atoms with Gasteiger partial charge in [-0.2, -0.15) is 0 Å². The average molecular weight is 337 g/mol. The Bertz CT molecular complexity index is 695. The Hall–Kier alpha value is -2.60. The minimum atomic E-state index is -0.643. The summed E-state index contributed by atoms with van der Waals surface area (Å²) in [5.74, 6) is -0.990. The highest BCUT2D eigenvalue weighted by atomic mass is 35.5. The number of carbonyl (C=O) groups excluding carboxylic acids is 2. The van der Waals surface area contributed by atoms with Crippen LogP contribution in [0.25, 0.3) is 0 Å². The van der Waals surface area contributed by atoms with E-state index in [9.17, 15) is 14.0 Å². The molecule has 23 heavy (non-hydrogen) atoms. The highest BCUT2D eigenvalue weighted by Crippen LogP contribution is 2.24. The van der Waals surface area contributed by atoms with Crippen molar-refractivity contribution >= 4 is 23.5 Å². The second kappa shape index (κ2) is 8.14. The van der Waals surface area contributed by atoms with Crippen LogP contribution in [0.4, 0.5) is 9.18 Å². The van der Waals surface area contributed by atoms with Crippen LogP contribution in [0, 0.1) is 5.82 Å². The Morgan fingerprint density at radius 2 is 1.87 bits per heavy atom. The lowest BCUT2D eigenvalue weighted by Gasteiger charge is -2.09. The molecule has 0 aliphatic heterocycles. The summed E-state index contributed by atoms with van der Waals surface area (Å²) in [6, 6.07) is 12.2. The van der Waals surface area contributed by atoms with Gasteiger partial charge in [-0.25, -0.2) is 9.18 Å². The first-order valence-electron chi connectivity index (χ1n) is 6.74. The van der Waals surface area contributed by atoms with Gasteiger partial charge in [-0.15, -0.1) is 0 Å². The molecule has 0 saturated carbocycles. The maximum atomic E-state index is 12.9. The predicted octanol–water partition coefficient (Wildman–Crippen LogP) is 2.88. The minimum absolute atomic E-state index is 0.0475. The van der Waals surface area contributed by atoms with E-state index in [-0.39, 0.29) is 10.8 Å². The molecule has 3 amide bonds. The van der Waals surface area contributed by atoms with Crippen molar-refractivity contribution in [3.8, 4) is 5.75 Å². The molecular weight excluding hydrogens is 323 g/mol. The molecule has 2 rings (SSSR count). The average Bonchev–Trinajstić information content (AvgIpc) is 2.53. The lowest BCUT2D eigenvalue weighted by molar-refractivity contribution is -0.122. The van der Waals surface area contributed by atoms with Crippen LogP contribution in [-0.4, -0.2) is 18.5 Å². The molecule has 0 radical (unpaired) electrons. The van der Waals surface area contributed by atoms with Gasteiger partial charge in [-0.05, 0) is 23.8 Å². The largest absolute Gasteiger partial charge is 0.482 e. The van der Waals surface area contributed by atoms with Gasteiger partial charge in [0.15, 0.2) is 6.61 Å². The van der Waals surface area contributed by atoms with E-state index in [4.69, 9.17) is 16.3 Å². The van der Waals surface area contributed by atoms with Crippen LogP contribution < -0.4 is 15.4 Å². The summed E-state index contributed by atoms with van der Waals surface area (Å²) in [6.07, 6.45) is 0. The van der Waals surface area contributed by atoms with E-state index in [2.05, 4.69) is 10.6 Å². The summed E-state index contributed by atoms with van der Waals surface area (Å²) in [5.41, 5.74) is 0.907. The van der Waals surface area contributed by atoms with Gasteiger partial charge in [-0.3, -0.25) is 10.1 Å². The monoisotopic (exact) mass is 336 g/mol. The molecule has 0 aliphatic carbocycles. The number of imide groups is 1. The molecule has 2 aromatic rings. The maximum Gasteiger partial charge on any atom is 0.321 e. The van der Waals surface area contributed by atoms with Gasteiger partial charge in [0.25, 0.3) is 5.91 Å². The maximum absolute atomic E-state index is 12.9. The fourth-order valence-corrected chi connectivity index (χ4v) is 1.94. The molecule has 120 valence electrons. The molecule has 0 unspecified atom stereocenters. The molecule has 5 nitrogen and oxygen atoms in total. The van der Waals surface area contributed by atoms with Gasteiger partial charge in [0.1, 0.15) is 11.6 Å². The van der Waals surface area contributed by atoms with Crippen LogP contribution in [0.3, 0.4) is 0 Å². The highest BCUT2D eigenvalue weighted by molar-refractivity contribution is 6.32. The smallest absolute Gasteiger partial charge is 0.321 e. The van der Waals surface area contributed by atoms with Crippen LogP contribution in [0.15, 0.2) is 48.5 Å². The van der Waals surface area contributed by atoms with Crippen molar-refractivity contribution in [1.29, 1.82) is 0 Å². The molecule has 2 N–H and O–H groups in total. The summed E-state index contributed by atoms with van der Waals surface area (Å²) in [7, 11) is 0. The summed E-state index contributed by atoms with van der Waals surface area (Å²) >= 11 is 5.76. The van der Waals surface area contributed by atoms with Crippen LogP contribution in [-0.2, 0) is 11.3 Å². The Labute approximate surface area is 137 Å². The molecule has 7 heteroatoms. The van der Waals surface area contributed by atoms with E-state index >= 15 is 0 Å². The zero-order valence-electron chi connectivity index (χ0n) is 12.0. The highest BCUT2D eigenvalue weighted by Gasteiger charge is 2.10. The normalized spacial score (nSPS) is 10.0. The summed E-state index contributed by atoms with van der Waals surface area (Å²) < 4.78 is 18.0. The topological polar surface area (TPSA) is 67.4 Å². The predicted molar refractivity (Wildman–Crippen MR) is 83.7 cm³/mol. The lowest BCUT2D eigenvalue weighted by atomic mass is 10.2. The molecule has 0 fully saturated rings. The fraction of sp³-hybridized carbons (Fsp3) is 0.125. The van der Waals surface area contributed by atoms with E-state index in [1.165, 1.54) is 6.07 Å². The number of hydrogen-bond acceptors (Lipinski definition) is 3. The molecule has 0 heterocycles. The van der Waals surface area contributed by atoms with Crippen molar-refractivity contribution in [2.45, 2.75) is 6.54 Å². The molecule has 0 atom stereocenters.